The van der Waals surface area contributed by atoms with E-state index in [4.69, 9.17) is 5.73 Å². The third-order valence-corrected chi connectivity index (χ3v) is 4.74. The van der Waals surface area contributed by atoms with Crippen molar-refractivity contribution < 1.29 is 0 Å². The average molecular weight is 401 g/mol. The number of nitrogens with two attached hydrogens (primary N) is 1. The molecule has 1 nitrogen and oxygen atoms in total. The first-order chi connectivity index (χ1) is 5.70. The minimum Gasteiger partial charge on any atom is -0.397 e. The zero-order valence-electron chi connectivity index (χ0n) is 5.97. The van der Waals surface area contributed by atoms with Gasteiger partial charge in [-0.3, -0.25) is 0 Å². The summed E-state index contributed by atoms with van der Waals surface area (Å²) in [5.74, 6) is 0. The Kier molecular flexibility index (Phi) is 2.48. The topological polar surface area (TPSA) is 26.0 Å². The molecule has 0 bridgehead atoms. The Morgan fingerprint density at radius 2 is 2.00 bits per heavy atom. The molecule has 1 heterocycles. The molecule has 0 unspecified atom stereocenters. The molecule has 1 aromatic carbocycles. The Morgan fingerprint density at radius 3 is 2.75 bits per heavy atom. The van der Waals surface area contributed by atoms with E-state index in [0.717, 1.165) is 9.26 Å². The van der Waals surface area contributed by atoms with E-state index in [-0.39, 0.29) is 0 Å². The van der Waals surface area contributed by atoms with E-state index in [9.17, 15) is 0 Å². The number of hydrogen-bond donors (Lipinski definition) is 1. The van der Waals surface area contributed by atoms with Gasteiger partial charge in [-0.1, -0.05) is 0 Å². The second-order valence-electron chi connectivity index (χ2n) is 2.42. The molecule has 2 rings (SSSR count). The van der Waals surface area contributed by atoms with E-state index in [1.165, 1.54) is 13.7 Å². The zero-order valence-corrected chi connectivity index (χ0v) is 11.1. The summed E-state index contributed by atoms with van der Waals surface area (Å²) in [6.07, 6.45) is 0. The van der Waals surface area contributed by atoms with Crippen LogP contribution in [-0.2, 0) is 0 Å². The van der Waals surface area contributed by atoms with E-state index in [0.29, 0.717) is 0 Å². The van der Waals surface area contributed by atoms with Gasteiger partial charge in [0.15, 0.2) is 0 Å². The van der Waals surface area contributed by atoms with E-state index in [1.807, 2.05) is 0 Å². The Morgan fingerprint density at radius 1 is 1.25 bits per heavy atom. The van der Waals surface area contributed by atoms with Crippen molar-refractivity contribution in [2.75, 3.05) is 5.73 Å². The Balaban J connectivity index is 2.97. The van der Waals surface area contributed by atoms with Crippen LogP contribution in [0.25, 0.3) is 10.1 Å². The van der Waals surface area contributed by atoms with E-state index in [2.05, 4.69) is 62.7 Å². The van der Waals surface area contributed by atoms with Gasteiger partial charge in [-0.05, 0) is 62.7 Å². The lowest BCUT2D eigenvalue weighted by atomic mass is 10.2. The molecule has 0 atom stereocenters. The van der Waals surface area contributed by atoms with Crippen LogP contribution in [-0.4, -0.2) is 0 Å². The lowest BCUT2D eigenvalue weighted by Crippen LogP contribution is -1.90. The van der Waals surface area contributed by atoms with E-state index >= 15 is 0 Å². The molecular formula is C8H5I2NS. The second kappa shape index (κ2) is 3.30. The van der Waals surface area contributed by atoms with Crippen LogP contribution in [0.3, 0.4) is 0 Å². The zero-order chi connectivity index (χ0) is 8.72. The van der Waals surface area contributed by atoms with Crippen molar-refractivity contribution in [3.05, 3.63) is 24.7 Å². The number of hydrogen-bond acceptors (Lipinski definition) is 2. The molecule has 0 fully saturated rings. The summed E-state index contributed by atoms with van der Waals surface area (Å²) in [6, 6.07) is 4.20. The lowest BCUT2D eigenvalue weighted by molar-refractivity contribution is 1.69. The minimum absolute atomic E-state index is 0.910. The molecule has 62 valence electrons. The predicted octanol–water partition coefficient (Wildman–Crippen LogP) is 3.69. The number of nitrogen functional groups attached to an aromatic ring is 1. The monoisotopic (exact) mass is 401 g/mol. The van der Waals surface area contributed by atoms with Crippen LogP contribution in [0.2, 0.25) is 0 Å². The van der Waals surface area contributed by atoms with Gasteiger partial charge in [0.25, 0.3) is 0 Å². The third kappa shape index (κ3) is 1.33. The average Bonchev–Trinajstić information content (AvgIpc) is 2.48. The number of thiophene rings is 1. The maximum absolute atomic E-state index is 5.93. The molecule has 0 saturated carbocycles. The second-order valence-corrected chi connectivity index (χ2v) is 5.66. The van der Waals surface area contributed by atoms with Gasteiger partial charge >= 0.3 is 0 Å². The van der Waals surface area contributed by atoms with Gasteiger partial charge in [-0.2, -0.15) is 0 Å². The molecule has 12 heavy (non-hydrogen) atoms. The number of benzene rings is 1. The first kappa shape index (κ1) is 9.01. The number of halogens is 2. The highest BCUT2D eigenvalue weighted by Crippen LogP contribution is 2.33. The van der Waals surface area contributed by atoms with Gasteiger partial charge in [0, 0.05) is 17.2 Å². The normalized spacial score (nSPS) is 10.8. The highest BCUT2D eigenvalue weighted by molar-refractivity contribution is 14.1. The summed E-state index contributed by atoms with van der Waals surface area (Å²) in [5.41, 5.74) is 6.84. The fourth-order valence-electron chi connectivity index (χ4n) is 1.09. The maximum atomic E-state index is 5.93. The van der Waals surface area contributed by atoms with Crippen LogP contribution in [0.1, 0.15) is 0 Å². The Labute approximate surface area is 102 Å². The first-order valence-corrected chi connectivity index (χ1v) is 6.34. The SMILES string of the molecule is Nc1c(I)cc(I)c2sccc12. The molecule has 2 aromatic rings. The maximum Gasteiger partial charge on any atom is 0.0538 e. The van der Waals surface area contributed by atoms with Gasteiger partial charge in [-0.25, -0.2) is 0 Å². The predicted molar refractivity (Wildman–Crippen MR) is 71.7 cm³/mol. The summed E-state index contributed by atoms with van der Waals surface area (Å²) in [4.78, 5) is 0. The van der Waals surface area contributed by atoms with Crippen LogP contribution in [0.15, 0.2) is 17.5 Å². The molecule has 0 radical (unpaired) electrons. The molecule has 0 amide bonds. The fourth-order valence-corrected chi connectivity index (χ4v) is 4.09. The molecule has 0 saturated heterocycles. The summed E-state index contributed by atoms with van der Waals surface area (Å²) in [5, 5.41) is 3.27. The largest absolute Gasteiger partial charge is 0.397 e. The molecule has 2 N–H and O–H groups in total. The lowest BCUT2D eigenvalue weighted by Gasteiger charge is -2.01. The summed E-state index contributed by atoms with van der Waals surface area (Å²) in [7, 11) is 0. The van der Waals surface area contributed by atoms with Gasteiger partial charge in [0.05, 0.1) is 5.69 Å². The molecule has 1 aromatic heterocycles. The standard InChI is InChI=1S/C8H5I2NS/c9-5-3-6(10)8-4(7(5)11)1-2-12-8/h1-3H,11H2. The highest BCUT2D eigenvalue weighted by Gasteiger charge is 2.06. The summed E-state index contributed by atoms with van der Waals surface area (Å²) in [6.45, 7) is 0. The van der Waals surface area contributed by atoms with Gasteiger partial charge < -0.3 is 5.73 Å². The molecule has 0 aliphatic heterocycles. The quantitative estimate of drug-likeness (QED) is 0.529. The summed E-state index contributed by atoms with van der Waals surface area (Å²) < 4.78 is 3.73. The van der Waals surface area contributed by atoms with Gasteiger partial charge in [0.1, 0.15) is 0 Å². The van der Waals surface area contributed by atoms with Crippen LogP contribution in [0, 0.1) is 7.14 Å². The molecule has 0 aliphatic carbocycles. The van der Waals surface area contributed by atoms with Gasteiger partial charge in [-0.15, -0.1) is 11.3 Å². The van der Waals surface area contributed by atoms with E-state index < -0.39 is 0 Å². The van der Waals surface area contributed by atoms with Crippen molar-refractivity contribution >= 4 is 72.3 Å². The number of anilines is 1. The molecule has 0 aliphatic rings. The first-order valence-electron chi connectivity index (χ1n) is 3.31. The van der Waals surface area contributed by atoms with Crippen LogP contribution >= 0.6 is 56.5 Å². The van der Waals surface area contributed by atoms with Crippen molar-refractivity contribution in [2.45, 2.75) is 0 Å². The Hall–Kier alpha value is 0.440. The van der Waals surface area contributed by atoms with Crippen molar-refractivity contribution in [2.24, 2.45) is 0 Å². The van der Waals surface area contributed by atoms with Crippen molar-refractivity contribution in [3.63, 3.8) is 0 Å². The van der Waals surface area contributed by atoms with Crippen molar-refractivity contribution in [1.29, 1.82) is 0 Å². The fraction of sp³-hybridized carbons (Fsp3) is 0. The van der Waals surface area contributed by atoms with Crippen LogP contribution in [0.4, 0.5) is 5.69 Å². The molecule has 4 heteroatoms. The van der Waals surface area contributed by atoms with Crippen LogP contribution < -0.4 is 5.73 Å². The summed E-state index contributed by atoms with van der Waals surface area (Å²) >= 11 is 6.36. The molecule has 0 spiro atoms. The van der Waals surface area contributed by atoms with Crippen molar-refractivity contribution in [1.82, 2.24) is 0 Å². The Bertz CT molecular complexity index is 436. The highest BCUT2D eigenvalue weighted by atomic mass is 127. The molecular weight excluding hydrogens is 396 g/mol. The van der Waals surface area contributed by atoms with Crippen LogP contribution in [0.5, 0.6) is 0 Å². The van der Waals surface area contributed by atoms with Gasteiger partial charge in [0.2, 0.25) is 0 Å². The third-order valence-electron chi connectivity index (χ3n) is 1.68. The minimum atomic E-state index is 0.910. The van der Waals surface area contributed by atoms with Crippen molar-refractivity contribution in [3.8, 4) is 0 Å². The number of rotatable bonds is 0. The smallest absolute Gasteiger partial charge is 0.0538 e. The van der Waals surface area contributed by atoms with E-state index in [1.54, 1.807) is 11.3 Å². The number of fused-ring (bicyclic) bond motifs is 1.